The van der Waals surface area contributed by atoms with Gasteiger partial charge in [0.15, 0.2) is 5.60 Å². The van der Waals surface area contributed by atoms with Crippen molar-refractivity contribution >= 4 is 17.2 Å². The van der Waals surface area contributed by atoms with Crippen LogP contribution in [0.2, 0.25) is 0 Å². The van der Waals surface area contributed by atoms with Crippen molar-refractivity contribution in [2.75, 3.05) is 13.1 Å². The molecule has 0 aromatic carbocycles. The molecule has 0 aliphatic carbocycles. The van der Waals surface area contributed by atoms with Crippen LogP contribution < -0.4 is 0 Å². The number of aromatic nitrogens is 1. The van der Waals surface area contributed by atoms with Gasteiger partial charge in [-0.05, 0) is 36.2 Å². The first-order valence-electron chi connectivity index (χ1n) is 6.71. The lowest BCUT2D eigenvalue weighted by atomic mass is 9.94. The number of hydrogen-bond donors (Lipinski definition) is 1. The van der Waals surface area contributed by atoms with Gasteiger partial charge in [0, 0.05) is 17.3 Å². The third-order valence-electron chi connectivity index (χ3n) is 3.73. The number of rotatable bonds is 3. The van der Waals surface area contributed by atoms with Gasteiger partial charge in [-0.2, -0.15) is 0 Å². The van der Waals surface area contributed by atoms with E-state index in [1.807, 2.05) is 19.1 Å². The molecule has 0 saturated carbocycles. The minimum atomic E-state index is -2.84. The first-order valence-corrected chi connectivity index (χ1v) is 7.53. The Kier molecular flexibility index (Phi) is 3.70. The van der Waals surface area contributed by atoms with Crippen molar-refractivity contribution in [3.05, 3.63) is 41.0 Å². The highest BCUT2D eigenvalue weighted by atomic mass is 32.1. The molecule has 2 aromatic heterocycles. The molecule has 0 unspecified atom stereocenters. The number of pyridine rings is 1. The van der Waals surface area contributed by atoms with Gasteiger partial charge in [-0.3, -0.25) is 9.78 Å². The second-order valence-corrected chi connectivity index (χ2v) is 6.50. The lowest BCUT2D eigenvalue weighted by Crippen LogP contribution is -2.66. The molecule has 7 heteroatoms. The molecule has 1 fully saturated rings. The molecule has 0 spiro atoms. The highest BCUT2D eigenvalue weighted by molar-refractivity contribution is 7.17. The fourth-order valence-electron chi connectivity index (χ4n) is 2.40. The van der Waals surface area contributed by atoms with Crippen LogP contribution >= 0.6 is 11.3 Å². The fourth-order valence-corrected chi connectivity index (χ4v) is 3.46. The Morgan fingerprint density at radius 3 is 2.77 bits per heavy atom. The third kappa shape index (κ3) is 2.50. The van der Waals surface area contributed by atoms with Crippen molar-refractivity contribution in [2.24, 2.45) is 0 Å². The molecule has 0 atom stereocenters. The van der Waals surface area contributed by atoms with Gasteiger partial charge in [-0.25, -0.2) is 8.78 Å². The summed E-state index contributed by atoms with van der Waals surface area (Å²) in [4.78, 5) is 18.9. The smallest absolute Gasteiger partial charge is 0.270 e. The zero-order valence-corrected chi connectivity index (χ0v) is 12.6. The lowest BCUT2D eigenvalue weighted by Gasteiger charge is -2.45. The van der Waals surface area contributed by atoms with Crippen LogP contribution in [-0.4, -0.2) is 46.0 Å². The number of hydrogen-bond acceptors (Lipinski definition) is 4. The maximum absolute atomic E-state index is 12.6. The van der Waals surface area contributed by atoms with Crippen molar-refractivity contribution in [3.63, 3.8) is 0 Å². The molecule has 3 rings (SSSR count). The Bertz CT molecular complexity index is 711. The largest absolute Gasteiger partial charge is 0.380 e. The Balaban J connectivity index is 1.75. The molecule has 116 valence electrons. The van der Waals surface area contributed by atoms with Crippen molar-refractivity contribution in [1.29, 1.82) is 0 Å². The fraction of sp³-hybridized carbons (Fsp3) is 0.333. The number of nitrogens with zero attached hydrogens (tertiary/aromatic N) is 2. The first-order chi connectivity index (χ1) is 10.4. The van der Waals surface area contributed by atoms with Gasteiger partial charge >= 0.3 is 0 Å². The summed E-state index contributed by atoms with van der Waals surface area (Å²) in [5.74, 6) is -0.326. The average Bonchev–Trinajstić information content (AvgIpc) is 2.93. The number of thiophene rings is 1. The number of aliphatic hydroxyl groups is 1. The van der Waals surface area contributed by atoms with Crippen LogP contribution in [0.1, 0.15) is 15.2 Å². The number of β-amino-alcohol motifs (C(OH)–C–C–N with tert-alkyl or cyclic N) is 1. The van der Waals surface area contributed by atoms with E-state index in [4.69, 9.17) is 0 Å². The molecule has 0 radical (unpaired) electrons. The van der Waals surface area contributed by atoms with Crippen molar-refractivity contribution in [3.8, 4) is 10.4 Å². The van der Waals surface area contributed by atoms with Crippen LogP contribution in [0.5, 0.6) is 0 Å². The summed E-state index contributed by atoms with van der Waals surface area (Å²) in [5, 5.41) is 9.53. The van der Waals surface area contributed by atoms with E-state index in [1.165, 1.54) is 16.2 Å². The van der Waals surface area contributed by atoms with Crippen LogP contribution in [-0.2, 0) is 0 Å². The van der Waals surface area contributed by atoms with Crippen LogP contribution in [0.4, 0.5) is 8.78 Å². The van der Waals surface area contributed by atoms with Crippen LogP contribution in [0.15, 0.2) is 30.6 Å². The summed E-state index contributed by atoms with van der Waals surface area (Å²) in [7, 11) is 0. The van der Waals surface area contributed by atoms with Crippen LogP contribution in [0.25, 0.3) is 10.4 Å². The van der Waals surface area contributed by atoms with E-state index in [1.54, 1.807) is 18.5 Å². The zero-order chi connectivity index (χ0) is 15.9. The van der Waals surface area contributed by atoms with Crippen molar-refractivity contribution in [1.82, 2.24) is 9.88 Å². The van der Waals surface area contributed by atoms with E-state index in [-0.39, 0.29) is 19.0 Å². The number of amides is 1. The predicted octanol–water partition coefficient (Wildman–Crippen LogP) is 2.57. The molecule has 1 amide bonds. The van der Waals surface area contributed by atoms with E-state index in [2.05, 4.69) is 4.98 Å². The maximum Gasteiger partial charge on any atom is 0.270 e. The summed E-state index contributed by atoms with van der Waals surface area (Å²) in [6.45, 7) is 1.28. The highest BCUT2D eigenvalue weighted by Crippen LogP contribution is 2.33. The van der Waals surface area contributed by atoms with Gasteiger partial charge in [-0.1, -0.05) is 0 Å². The van der Waals surface area contributed by atoms with E-state index >= 15 is 0 Å². The summed E-state index contributed by atoms with van der Waals surface area (Å²) in [5.41, 5.74) is -0.0663. The van der Waals surface area contributed by atoms with E-state index in [0.29, 0.717) is 4.88 Å². The number of likely N-dealkylation sites (tertiary alicyclic amines) is 1. The van der Waals surface area contributed by atoms with Crippen molar-refractivity contribution in [2.45, 2.75) is 19.0 Å². The maximum atomic E-state index is 12.6. The number of halogens is 2. The molecule has 3 heterocycles. The molecule has 2 aromatic rings. The molecule has 1 aliphatic rings. The second-order valence-electron chi connectivity index (χ2n) is 5.42. The van der Waals surface area contributed by atoms with Gasteiger partial charge in [0.2, 0.25) is 0 Å². The van der Waals surface area contributed by atoms with Gasteiger partial charge in [0.25, 0.3) is 12.3 Å². The Hall–Kier alpha value is -1.86. The predicted molar refractivity (Wildman–Crippen MR) is 79.1 cm³/mol. The molecule has 1 N–H and O–H groups in total. The van der Waals surface area contributed by atoms with E-state index in [9.17, 15) is 18.7 Å². The third-order valence-corrected chi connectivity index (χ3v) is 4.83. The molecule has 1 aliphatic heterocycles. The van der Waals surface area contributed by atoms with E-state index < -0.39 is 12.0 Å². The number of carbonyl (C=O) groups excluding carboxylic acids is 1. The molecule has 0 bridgehead atoms. The number of carbonyl (C=O) groups is 1. The quantitative estimate of drug-likeness (QED) is 0.944. The number of alkyl halides is 2. The number of aryl methyl sites for hydroxylation is 1. The Labute approximate surface area is 130 Å². The SMILES string of the molecule is Cc1cnccc1-c1ccc(C(=O)N2CC(O)(C(F)F)C2)s1. The normalized spacial score (nSPS) is 16.7. The second kappa shape index (κ2) is 5.40. The van der Waals surface area contributed by atoms with Crippen LogP contribution in [0.3, 0.4) is 0 Å². The summed E-state index contributed by atoms with van der Waals surface area (Å²) in [6, 6.07) is 5.38. The summed E-state index contributed by atoms with van der Waals surface area (Å²) in [6.07, 6.45) is 0.589. The Morgan fingerprint density at radius 2 is 2.14 bits per heavy atom. The summed E-state index contributed by atoms with van der Waals surface area (Å²) >= 11 is 1.31. The van der Waals surface area contributed by atoms with Gasteiger partial charge in [-0.15, -0.1) is 11.3 Å². The molecule has 4 nitrogen and oxygen atoms in total. The first kappa shape index (κ1) is 15.1. The monoisotopic (exact) mass is 324 g/mol. The zero-order valence-electron chi connectivity index (χ0n) is 11.8. The van der Waals surface area contributed by atoms with E-state index in [0.717, 1.165) is 16.0 Å². The average molecular weight is 324 g/mol. The van der Waals surface area contributed by atoms with Gasteiger partial charge in [0.1, 0.15) is 0 Å². The lowest BCUT2D eigenvalue weighted by molar-refractivity contribution is -0.166. The summed E-state index contributed by atoms with van der Waals surface area (Å²) < 4.78 is 25.2. The van der Waals surface area contributed by atoms with Gasteiger partial charge in [0.05, 0.1) is 18.0 Å². The molecular formula is C15H14F2N2O2S. The topological polar surface area (TPSA) is 53.4 Å². The standard InChI is InChI=1S/C15H14F2N2O2S/c1-9-6-18-5-4-10(9)11-2-3-12(22-11)13(20)19-7-15(21,8-19)14(16)17/h2-6,14,21H,7-8H2,1H3. The minimum Gasteiger partial charge on any atom is -0.380 e. The molecular weight excluding hydrogens is 310 g/mol. The molecule has 1 saturated heterocycles. The van der Waals surface area contributed by atoms with Crippen LogP contribution in [0, 0.1) is 6.92 Å². The highest BCUT2D eigenvalue weighted by Gasteiger charge is 2.51. The Morgan fingerprint density at radius 1 is 1.41 bits per heavy atom. The molecule has 22 heavy (non-hydrogen) atoms. The minimum absolute atomic E-state index is 0.326. The van der Waals surface area contributed by atoms with Gasteiger partial charge < -0.3 is 10.0 Å². The van der Waals surface area contributed by atoms with Crippen molar-refractivity contribution < 1.29 is 18.7 Å².